The van der Waals surface area contributed by atoms with E-state index < -0.39 is 10.0 Å². The summed E-state index contributed by atoms with van der Waals surface area (Å²) in [4.78, 5) is 1.70. The summed E-state index contributed by atoms with van der Waals surface area (Å²) in [6.45, 7) is 3.47. The van der Waals surface area contributed by atoms with E-state index >= 15 is 0 Å². The van der Waals surface area contributed by atoms with Crippen LogP contribution in [0.4, 0.5) is 0 Å². The monoisotopic (exact) mass is 367 g/mol. The number of nitrogens with zero attached hydrogens (tertiary/aromatic N) is 3. The molecule has 24 heavy (non-hydrogen) atoms. The van der Waals surface area contributed by atoms with Gasteiger partial charge in [0.15, 0.2) is 0 Å². The van der Waals surface area contributed by atoms with E-state index in [1.54, 1.807) is 34.3 Å². The van der Waals surface area contributed by atoms with Gasteiger partial charge in [0, 0.05) is 31.4 Å². The summed E-state index contributed by atoms with van der Waals surface area (Å²) in [6.07, 6.45) is 3.82. The molecular formula is C16H21N3O3S2. The smallest absolute Gasteiger partial charge is 0.246 e. The lowest BCUT2D eigenvalue weighted by Gasteiger charge is -2.43. The van der Waals surface area contributed by atoms with E-state index in [4.69, 9.17) is 4.74 Å². The molecule has 2 aromatic rings. The molecule has 2 aliphatic heterocycles. The van der Waals surface area contributed by atoms with Gasteiger partial charge >= 0.3 is 0 Å². The third kappa shape index (κ3) is 2.35. The molecule has 0 aliphatic carbocycles. The predicted octanol–water partition coefficient (Wildman–Crippen LogP) is 2.04. The summed E-state index contributed by atoms with van der Waals surface area (Å²) in [7, 11) is -1.74. The summed E-state index contributed by atoms with van der Waals surface area (Å²) in [5, 5.41) is 6.19. The zero-order valence-electron chi connectivity index (χ0n) is 13.9. The van der Waals surface area contributed by atoms with Gasteiger partial charge in [-0.05, 0) is 36.8 Å². The second-order valence-corrected chi connectivity index (χ2v) is 9.38. The van der Waals surface area contributed by atoms with Crippen LogP contribution in [0.2, 0.25) is 0 Å². The van der Waals surface area contributed by atoms with Crippen molar-refractivity contribution < 1.29 is 13.2 Å². The third-order valence-corrected chi connectivity index (χ3v) is 8.26. The SMILES string of the molecule is Cc1c(S(=O)(=O)N2CCC3(CC2)OCCc2sccc23)cnn1C. The van der Waals surface area contributed by atoms with Gasteiger partial charge < -0.3 is 4.74 Å². The zero-order valence-corrected chi connectivity index (χ0v) is 15.5. The first-order valence-electron chi connectivity index (χ1n) is 8.14. The minimum absolute atomic E-state index is 0.302. The van der Waals surface area contributed by atoms with E-state index in [1.165, 1.54) is 16.6 Å². The van der Waals surface area contributed by atoms with Crippen molar-refractivity contribution in [3.05, 3.63) is 33.8 Å². The Bertz CT molecular complexity index is 861. The van der Waals surface area contributed by atoms with E-state index in [-0.39, 0.29) is 5.60 Å². The number of ether oxygens (including phenoxy) is 1. The van der Waals surface area contributed by atoms with Crippen LogP contribution in [0.1, 0.15) is 29.0 Å². The van der Waals surface area contributed by atoms with Gasteiger partial charge in [-0.25, -0.2) is 8.42 Å². The van der Waals surface area contributed by atoms with E-state index in [0.717, 1.165) is 13.0 Å². The van der Waals surface area contributed by atoms with Crippen molar-refractivity contribution in [3.8, 4) is 0 Å². The van der Waals surface area contributed by atoms with Crippen molar-refractivity contribution >= 4 is 21.4 Å². The van der Waals surface area contributed by atoms with Crippen molar-refractivity contribution in [2.24, 2.45) is 7.05 Å². The van der Waals surface area contributed by atoms with Crippen LogP contribution < -0.4 is 0 Å². The molecule has 0 atom stereocenters. The van der Waals surface area contributed by atoms with Gasteiger partial charge in [-0.15, -0.1) is 11.3 Å². The lowest BCUT2D eigenvalue weighted by molar-refractivity contribution is -0.0882. The lowest BCUT2D eigenvalue weighted by Crippen LogP contribution is -2.48. The molecule has 4 heterocycles. The van der Waals surface area contributed by atoms with Crippen LogP contribution in [0, 0.1) is 6.92 Å². The summed E-state index contributed by atoms with van der Waals surface area (Å²) in [5.74, 6) is 0. The van der Waals surface area contributed by atoms with Crippen LogP contribution in [0.5, 0.6) is 0 Å². The molecule has 0 N–H and O–H groups in total. The lowest BCUT2D eigenvalue weighted by atomic mass is 9.83. The van der Waals surface area contributed by atoms with Gasteiger partial charge in [-0.3, -0.25) is 4.68 Å². The average molecular weight is 367 g/mol. The van der Waals surface area contributed by atoms with Gasteiger partial charge in [-0.2, -0.15) is 9.40 Å². The molecule has 2 aromatic heterocycles. The number of aromatic nitrogens is 2. The second-order valence-electron chi connectivity index (χ2n) is 6.47. The summed E-state index contributed by atoms with van der Waals surface area (Å²) in [5.41, 5.74) is 1.64. The van der Waals surface area contributed by atoms with Gasteiger partial charge in [0.25, 0.3) is 0 Å². The van der Waals surface area contributed by atoms with Crippen molar-refractivity contribution in [2.45, 2.75) is 36.7 Å². The number of sulfonamides is 1. The van der Waals surface area contributed by atoms with Crippen LogP contribution in [0.15, 0.2) is 22.5 Å². The molecule has 1 fully saturated rings. The number of thiophene rings is 1. The quantitative estimate of drug-likeness (QED) is 0.815. The number of fused-ring (bicyclic) bond motifs is 2. The van der Waals surface area contributed by atoms with Crippen LogP contribution in [0.3, 0.4) is 0 Å². The van der Waals surface area contributed by atoms with Crippen molar-refractivity contribution in [3.63, 3.8) is 0 Å². The first-order chi connectivity index (χ1) is 11.4. The van der Waals surface area contributed by atoms with E-state index in [2.05, 4.69) is 16.5 Å². The zero-order chi connectivity index (χ0) is 16.9. The van der Waals surface area contributed by atoms with E-state index in [0.29, 0.717) is 36.5 Å². The molecule has 6 nitrogen and oxygen atoms in total. The van der Waals surface area contributed by atoms with Crippen molar-refractivity contribution in [1.82, 2.24) is 14.1 Å². The number of piperidine rings is 1. The Morgan fingerprint density at radius 1 is 1.33 bits per heavy atom. The molecule has 2 aliphatic rings. The van der Waals surface area contributed by atoms with Gasteiger partial charge in [0.05, 0.1) is 24.1 Å². The van der Waals surface area contributed by atoms with E-state index in [9.17, 15) is 8.42 Å². The second kappa shape index (κ2) is 5.66. The molecule has 0 saturated carbocycles. The van der Waals surface area contributed by atoms with Crippen LogP contribution >= 0.6 is 11.3 Å². The highest BCUT2D eigenvalue weighted by Crippen LogP contribution is 2.44. The van der Waals surface area contributed by atoms with Gasteiger partial charge in [0.1, 0.15) is 4.90 Å². The molecule has 8 heteroatoms. The molecule has 0 amide bonds. The Balaban J connectivity index is 1.58. The third-order valence-electron chi connectivity index (χ3n) is 5.28. The molecule has 0 radical (unpaired) electrons. The average Bonchev–Trinajstić information content (AvgIpc) is 3.17. The Morgan fingerprint density at radius 2 is 2.08 bits per heavy atom. The molecule has 130 valence electrons. The Labute approximate surface area is 146 Å². The predicted molar refractivity (Wildman–Crippen MR) is 91.6 cm³/mol. The first kappa shape index (κ1) is 16.3. The minimum Gasteiger partial charge on any atom is -0.370 e. The summed E-state index contributed by atoms with van der Waals surface area (Å²) < 4.78 is 35.2. The summed E-state index contributed by atoms with van der Waals surface area (Å²) in [6, 6.07) is 2.15. The minimum atomic E-state index is -3.49. The highest BCUT2D eigenvalue weighted by Gasteiger charge is 2.44. The van der Waals surface area contributed by atoms with Crippen LogP contribution in [-0.2, 0) is 33.8 Å². The number of hydrogen-bond acceptors (Lipinski definition) is 5. The van der Waals surface area contributed by atoms with Crippen molar-refractivity contribution in [1.29, 1.82) is 0 Å². The molecule has 1 spiro atoms. The van der Waals surface area contributed by atoms with Gasteiger partial charge in [0.2, 0.25) is 10.0 Å². The van der Waals surface area contributed by atoms with Crippen LogP contribution in [-0.4, -0.2) is 42.2 Å². The Morgan fingerprint density at radius 3 is 2.75 bits per heavy atom. The molecule has 4 rings (SSSR count). The highest BCUT2D eigenvalue weighted by molar-refractivity contribution is 7.89. The van der Waals surface area contributed by atoms with Crippen molar-refractivity contribution in [2.75, 3.05) is 19.7 Å². The standard InChI is InChI=1S/C16H21N3O3S2/c1-12-15(11-17-18(12)2)24(20,21)19-7-5-16(6-8-19)13-4-10-23-14(13)3-9-22-16/h4,10-11H,3,5-9H2,1-2H3. The Hall–Kier alpha value is -1.22. The van der Waals surface area contributed by atoms with E-state index in [1.807, 2.05) is 0 Å². The van der Waals surface area contributed by atoms with Crippen LogP contribution in [0.25, 0.3) is 0 Å². The number of aryl methyl sites for hydroxylation is 1. The largest absolute Gasteiger partial charge is 0.370 e. The fraction of sp³-hybridized carbons (Fsp3) is 0.562. The van der Waals surface area contributed by atoms with Gasteiger partial charge in [-0.1, -0.05) is 0 Å². The Kier molecular flexibility index (Phi) is 3.83. The highest BCUT2D eigenvalue weighted by atomic mass is 32.2. The maximum absolute atomic E-state index is 12.9. The molecule has 0 unspecified atom stereocenters. The normalized spacial score (nSPS) is 21.1. The maximum Gasteiger partial charge on any atom is 0.246 e. The number of rotatable bonds is 2. The topological polar surface area (TPSA) is 64.4 Å². The first-order valence-corrected chi connectivity index (χ1v) is 10.5. The fourth-order valence-electron chi connectivity index (χ4n) is 3.73. The number of hydrogen-bond donors (Lipinski definition) is 0. The molecule has 0 bridgehead atoms. The fourth-order valence-corrected chi connectivity index (χ4v) is 6.31. The molecule has 1 saturated heterocycles. The molecule has 0 aromatic carbocycles. The molecular weight excluding hydrogens is 346 g/mol. The maximum atomic E-state index is 12.9. The summed E-state index contributed by atoms with van der Waals surface area (Å²) >= 11 is 1.78.